The van der Waals surface area contributed by atoms with Crippen LogP contribution >= 0.6 is 0 Å². The number of carbonyl (C=O) groups excluding carboxylic acids is 3. The topological polar surface area (TPSA) is 228 Å². The summed E-state index contributed by atoms with van der Waals surface area (Å²) in [6.45, 7) is 20.1. The number of cyclic esters (lactones) is 2. The largest absolute Gasteiger partial charge is 0.448 e. The van der Waals surface area contributed by atoms with E-state index in [1.807, 2.05) is 85.4 Å². The lowest BCUT2D eigenvalue weighted by atomic mass is 10.1. The number of esters is 2. The van der Waals surface area contributed by atoms with Crippen LogP contribution in [0.3, 0.4) is 0 Å². The van der Waals surface area contributed by atoms with Crippen LogP contribution in [0.1, 0.15) is 80.9 Å². The normalized spacial score (nSPS) is 15.7. The van der Waals surface area contributed by atoms with Crippen LogP contribution in [-0.4, -0.2) is 93.8 Å². The van der Waals surface area contributed by atoms with Gasteiger partial charge in [0.05, 0.1) is 46.4 Å². The zero-order valence-corrected chi connectivity index (χ0v) is 36.6. The highest BCUT2D eigenvalue weighted by Gasteiger charge is 2.32. The summed E-state index contributed by atoms with van der Waals surface area (Å²) in [7, 11) is 0. The highest BCUT2D eigenvalue weighted by Crippen LogP contribution is 2.33. The number of pyridine rings is 2. The first-order valence-corrected chi connectivity index (χ1v) is 20.4. The molecule has 2 aromatic carbocycles. The van der Waals surface area contributed by atoms with Gasteiger partial charge in [0.1, 0.15) is 35.9 Å². The molecule has 17 heteroatoms. The Morgan fingerprint density at radius 1 is 0.754 bits per heavy atom. The Labute approximate surface area is 354 Å². The molecule has 2 atom stereocenters. The molecule has 6 aromatic rings. The van der Waals surface area contributed by atoms with Crippen molar-refractivity contribution in [3.63, 3.8) is 0 Å². The molecule has 0 saturated carbocycles. The average molecular weight is 843 g/mol. The summed E-state index contributed by atoms with van der Waals surface area (Å²) in [6, 6.07) is 15.6. The third kappa shape index (κ3) is 11.3. The van der Waals surface area contributed by atoms with E-state index in [2.05, 4.69) is 29.7 Å². The Morgan fingerprint density at radius 2 is 1.18 bits per heavy atom. The lowest BCUT2D eigenvalue weighted by Crippen LogP contribution is -2.40. The molecule has 5 N–H and O–H groups in total. The molecule has 61 heavy (non-hydrogen) atoms. The van der Waals surface area contributed by atoms with E-state index in [-0.39, 0.29) is 11.8 Å². The van der Waals surface area contributed by atoms with E-state index < -0.39 is 35.3 Å². The standard InChI is InChI=1S/C21H28N4O3.C17H22N4O2.C6H8O4/c1-6-28-11-16-23-17-18(25(16)12-21(4,5)27)14-9-7-8-10-15(14)22-19(17)24-20(26)13(2)3;1-4-23-9-13-20-14-15(21(13)10-17(2,3)22)11-7-5-6-8-12(11)19-16(14)18;1-3-5(7)10-4(2)6(8)9-3/h7-10,13,27H,6,11-12H2,1-5H3,(H,22,24,26);5-8,22H,4,9-10H2,1-3H3,(H2,18,19);3-4H,1-2H3. The minimum atomic E-state index is -0.944. The molecule has 4 aromatic heterocycles. The fraction of sp³-hybridized carbons (Fsp3) is 0.477. The van der Waals surface area contributed by atoms with E-state index in [0.717, 1.165) is 38.7 Å². The van der Waals surface area contributed by atoms with Crippen molar-refractivity contribution in [2.45, 2.75) is 119 Å². The number of para-hydroxylation sites is 2. The zero-order chi connectivity index (χ0) is 44.8. The average Bonchev–Trinajstić information content (AvgIpc) is 3.73. The molecule has 7 rings (SSSR count). The van der Waals surface area contributed by atoms with E-state index in [1.54, 1.807) is 27.7 Å². The van der Waals surface area contributed by atoms with Gasteiger partial charge in [-0.05, 0) is 67.5 Å². The third-order valence-electron chi connectivity index (χ3n) is 9.33. The number of nitrogens with two attached hydrogens (primary N) is 1. The number of imidazole rings is 2. The number of fused-ring (bicyclic) bond motifs is 6. The van der Waals surface area contributed by atoms with Gasteiger partial charge in [0.15, 0.2) is 23.8 Å². The second-order valence-corrected chi connectivity index (χ2v) is 16.3. The molecule has 0 aliphatic carbocycles. The summed E-state index contributed by atoms with van der Waals surface area (Å²) >= 11 is 0. The predicted octanol–water partition coefficient (Wildman–Crippen LogP) is 5.82. The summed E-state index contributed by atoms with van der Waals surface area (Å²) in [5, 5.41) is 25.6. The number of carbonyl (C=O) groups is 3. The van der Waals surface area contributed by atoms with Crippen LogP contribution in [-0.2, 0) is 59.6 Å². The fourth-order valence-corrected chi connectivity index (χ4v) is 6.49. The number of hydrogen-bond acceptors (Lipinski definition) is 14. The Bertz CT molecular complexity index is 2500. The molecule has 1 fully saturated rings. The zero-order valence-electron chi connectivity index (χ0n) is 36.6. The van der Waals surface area contributed by atoms with E-state index in [4.69, 9.17) is 20.2 Å². The maximum atomic E-state index is 12.3. The first-order valence-electron chi connectivity index (χ1n) is 20.4. The third-order valence-corrected chi connectivity index (χ3v) is 9.33. The molecular formula is C44H58N8O9. The number of hydrogen-bond donors (Lipinski definition) is 4. The molecule has 2 unspecified atom stereocenters. The molecule has 0 radical (unpaired) electrons. The van der Waals surface area contributed by atoms with Gasteiger partial charge in [-0.25, -0.2) is 29.5 Å². The molecule has 328 valence electrons. The van der Waals surface area contributed by atoms with Crippen molar-refractivity contribution in [3.05, 3.63) is 60.2 Å². The van der Waals surface area contributed by atoms with E-state index in [0.29, 0.717) is 68.0 Å². The van der Waals surface area contributed by atoms with Gasteiger partial charge in [-0.15, -0.1) is 0 Å². The molecule has 0 spiro atoms. The van der Waals surface area contributed by atoms with Gasteiger partial charge in [0.2, 0.25) is 5.91 Å². The number of nitrogens with one attached hydrogen (secondary N) is 1. The van der Waals surface area contributed by atoms with Crippen molar-refractivity contribution in [2.75, 3.05) is 24.3 Å². The summed E-state index contributed by atoms with van der Waals surface area (Å²) < 4.78 is 24.3. The molecule has 1 amide bonds. The number of amides is 1. The fourth-order valence-electron chi connectivity index (χ4n) is 6.49. The van der Waals surface area contributed by atoms with Crippen LogP contribution in [0.4, 0.5) is 11.6 Å². The van der Waals surface area contributed by atoms with E-state index >= 15 is 0 Å². The van der Waals surface area contributed by atoms with Crippen molar-refractivity contribution in [3.8, 4) is 0 Å². The highest BCUT2D eigenvalue weighted by atomic mass is 16.6. The van der Waals surface area contributed by atoms with Crippen LogP contribution in [0.5, 0.6) is 0 Å². The van der Waals surface area contributed by atoms with Crippen LogP contribution in [0.15, 0.2) is 48.5 Å². The molecule has 1 aliphatic rings. The lowest BCUT2D eigenvalue weighted by molar-refractivity contribution is -0.191. The Hall–Kier alpha value is -5.75. The lowest BCUT2D eigenvalue weighted by Gasteiger charge is -2.22. The van der Waals surface area contributed by atoms with Gasteiger partial charge in [-0.2, -0.15) is 0 Å². The molecule has 1 aliphatic heterocycles. The van der Waals surface area contributed by atoms with Gasteiger partial charge in [0.25, 0.3) is 0 Å². The molecule has 5 heterocycles. The van der Waals surface area contributed by atoms with Gasteiger partial charge < -0.3 is 49.3 Å². The Balaban J connectivity index is 0.000000191. The molecule has 1 saturated heterocycles. The molecular weight excluding hydrogens is 785 g/mol. The summed E-state index contributed by atoms with van der Waals surface area (Å²) in [4.78, 5) is 52.1. The number of nitrogen functional groups attached to an aromatic ring is 1. The SMILES string of the molecule is CC1OC(=O)C(C)OC1=O.CCOCc1nc2c(N)nc3ccccc3c2n1CC(C)(C)O.CCOCc1nc2c(NC(=O)C(C)C)nc3ccccc3c2n1CC(C)(C)O. The van der Waals surface area contributed by atoms with Crippen LogP contribution in [0.2, 0.25) is 0 Å². The minimum Gasteiger partial charge on any atom is -0.448 e. The molecule has 0 bridgehead atoms. The second-order valence-electron chi connectivity index (χ2n) is 16.3. The number of rotatable bonds is 12. The summed E-state index contributed by atoms with van der Waals surface area (Å²) in [5.41, 5.74) is 8.84. The number of aliphatic hydroxyl groups is 2. The maximum Gasteiger partial charge on any atom is 0.347 e. The maximum absolute atomic E-state index is 12.3. The Kier molecular flexibility index (Phi) is 14.7. The number of anilines is 2. The van der Waals surface area contributed by atoms with Crippen LogP contribution in [0, 0.1) is 5.92 Å². The molecule has 17 nitrogen and oxygen atoms in total. The summed E-state index contributed by atoms with van der Waals surface area (Å²) in [6.07, 6.45) is -1.49. The van der Waals surface area contributed by atoms with Crippen molar-refractivity contribution in [2.24, 2.45) is 5.92 Å². The second kappa shape index (κ2) is 19.3. The predicted molar refractivity (Wildman–Crippen MR) is 232 cm³/mol. The van der Waals surface area contributed by atoms with Gasteiger partial charge >= 0.3 is 11.9 Å². The quantitative estimate of drug-likeness (QED) is 0.106. The van der Waals surface area contributed by atoms with E-state index in [9.17, 15) is 24.6 Å². The smallest absolute Gasteiger partial charge is 0.347 e. The number of ether oxygens (including phenoxy) is 4. The van der Waals surface area contributed by atoms with Crippen LogP contribution < -0.4 is 11.1 Å². The summed E-state index contributed by atoms with van der Waals surface area (Å²) in [5.74, 6) is 1.01. The number of benzene rings is 2. The first kappa shape index (κ1) is 46.3. The number of aromatic nitrogens is 6. The van der Waals surface area contributed by atoms with Crippen molar-refractivity contribution in [1.82, 2.24) is 29.1 Å². The van der Waals surface area contributed by atoms with Crippen molar-refractivity contribution < 1.29 is 43.5 Å². The van der Waals surface area contributed by atoms with Gasteiger partial charge in [0, 0.05) is 29.9 Å². The Morgan fingerprint density at radius 3 is 1.62 bits per heavy atom. The van der Waals surface area contributed by atoms with Crippen molar-refractivity contribution in [1.29, 1.82) is 0 Å². The van der Waals surface area contributed by atoms with Gasteiger partial charge in [-0.1, -0.05) is 50.2 Å². The monoisotopic (exact) mass is 842 g/mol. The van der Waals surface area contributed by atoms with Crippen LogP contribution in [0.25, 0.3) is 43.9 Å². The highest BCUT2D eigenvalue weighted by molar-refractivity contribution is 6.10. The minimum absolute atomic E-state index is 0.118. The first-order chi connectivity index (χ1) is 28.7. The number of nitrogens with zero attached hydrogens (tertiary/aromatic N) is 6. The van der Waals surface area contributed by atoms with E-state index in [1.165, 1.54) is 13.8 Å². The van der Waals surface area contributed by atoms with Crippen molar-refractivity contribution >= 4 is 73.4 Å². The van der Waals surface area contributed by atoms with Gasteiger partial charge in [-0.3, -0.25) is 4.79 Å².